The summed E-state index contributed by atoms with van der Waals surface area (Å²) in [5.74, 6) is 0.433. The minimum atomic E-state index is -3.37. The van der Waals surface area contributed by atoms with Crippen molar-refractivity contribution >= 4 is 10.0 Å². The highest BCUT2D eigenvalue weighted by Gasteiger charge is 2.28. The van der Waals surface area contributed by atoms with Gasteiger partial charge in [-0.3, -0.25) is 0 Å². The van der Waals surface area contributed by atoms with E-state index in [0.29, 0.717) is 30.4 Å². The molecule has 1 aliphatic heterocycles. The average molecular weight is 296 g/mol. The number of hydrogen-bond donors (Lipinski definition) is 1. The summed E-state index contributed by atoms with van der Waals surface area (Å²) >= 11 is 0. The SMILES string of the molecule is CCc1ccc(S(=O)(=O)N2CCCC(C)C2)cc1CN. The topological polar surface area (TPSA) is 63.4 Å². The van der Waals surface area contributed by atoms with E-state index >= 15 is 0 Å². The van der Waals surface area contributed by atoms with Gasteiger partial charge in [0.15, 0.2) is 0 Å². The number of rotatable bonds is 4. The van der Waals surface area contributed by atoms with Crippen LogP contribution < -0.4 is 5.73 Å². The Morgan fingerprint density at radius 3 is 2.70 bits per heavy atom. The molecule has 2 N–H and O–H groups in total. The van der Waals surface area contributed by atoms with Crippen LogP contribution in [0.1, 0.15) is 37.8 Å². The summed E-state index contributed by atoms with van der Waals surface area (Å²) in [6.07, 6.45) is 2.92. The van der Waals surface area contributed by atoms with Gasteiger partial charge in [0.25, 0.3) is 0 Å². The van der Waals surface area contributed by atoms with Crippen LogP contribution in [0, 0.1) is 5.92 Å². The third-order valence-electron chi connectivity index (χ3n) is 4.04. The van der Waals surface area contributed by atoms with Crippen molar-refractivity contribution in [3.05, 3.63) is 29.3 Å². The van der Waals surface area contributed by atoms with E-state index in [1.54, 1.807) is 16.4 Å². The summed E-state index contributed by atoms with van der Waals surface area (Å²) < 4.78 is 27.0. The highest BCUT2D eigenvalue weighted by Crippen LogP contribution is 2.25. The Labute approximate surface area is 122 Å². The third kappa shape index (κ3) is 3.05. The number of aryl methyl sites for hydroxylation is 1. The maximum absolute atomic E-state index is 12.7. The van der Waals surface area contributed by atoms with Gasteiger partial charge < -0.3 is 5.73 Å². The van der Waals surface area contributed by atoms with Gasteiger partial charge >= 0.3 is 0 Å². The molecule has 1 aromatic carbocycles. The summed E-state index contributed by atoms with van der Waals surface area (Å²) in [5.41, 5.74) is 7.78. The van der Waals surface area contributed by atoms with Crippen LogP contribution in [0.4, 0.5) is 0 Å². The molecule has 1 unspecified atom stereocenters. The molecule has 0 spiro atoms. The second kappa shape index (κ2) is 6.24. The van der Waals surface area contributed by atoms with Crippen molar-refractivity contribution < 1.29 is 8.42 Å². The highest BCUT2D eigenvalue weighted by atomic mass is 32.2. The minimum absolute atomic E-state index is 0.378. The van der Waals surface area contributed by atoms with Crippen molar-refractivity contribution in [1.82, 2.24) is 4.31 Å². The van der Waals surface area contributed by atoms with Crippen molar-refractivity contribution in [3.8, 4) is 0 Å². The Morgan fingerprint density at radius 1 is 1.35 bits per heavy atom. The molecule has 1 saturated heterocycles. The van der Waals surface area contributed by atoms with Crippen LogP contribution in [0.15, 0.2) is 23.1 Å². The monoisotopic (exact) mass is 296 g/mol. The normalized spacial score (nSPS) is 21.1. The smallest absolute Gasteiger partial charge is 0.243 e. The van der Waals surface area contributed by atoms with Gasteiger partial charge in [0.2, 0.25) is 10.0 Å². The van der Waals surface area contributed by atoms with E-state index < -0.39 is 10.0 Å². The first-order chi connectivity index (χ1) is 9.48. The number of piperidine rings is 1. The molecular formula is C15H24N2O2S. The first-order valence-electron chi connectivity index (χ1n) is 7.31. The molecular weight excluding hydrogens is 272 g/mol. The van der Waals surface area contributed by atoms with Gasteiger partial charge in [-0.25, -0.2) is 8.42 Å². The number of sulfonamides is 1. The lowest BCUT2D eigenvalue weighted by atomic mass is 10.0. The second-order valence-corrected chi connectivity index (χ2v) is 7.54. The molecule has 0 saturated carbocycles. The molecule has 5 heteroatoms. The predicted octanol–water partition coefficient (Wildman–Crippen LogP) is 2.13. The quantitative estimate of drug-likeness (QED) is 0.925. The fourth-order valence-corrected chi connectivity index (χ4v) is 4.46. The zero-order valence-corrected chi connectivity index (χ0v) is 13.1. The summed E-state index contributed by atoms with van der Waals surface area (Å²) in [7, 11) is -3.37. The number of nitrogens with two attached hydrogens (primary N) is 1. The molecule has 1 atom stereocenters. The van der Waals surface area contributed by atoms with Crippen molar-refractivity contribution in [2.45, 2.75) is 44.6 Å². The van der Waals surface area contributed by atoms with Gasteiger partial charge in [-0.05, 0) is 48.4 Å². The lowest BCUT2D eigenvalue weighted by Crippen LogP contribution is -2.39. The van der Waals surface area contributed by atoms with Crippen molar-refractivity contribution in [3.63, 3.8) is 0 Å². The van der Waals surface area contributed by atoms with E-state index in [1.165, 1.54) is 0 Å². The molecule has 0 radical (unpaired) electrons. The molecule has 4 nitrogen and oxygen atoms in total. The molecule has 1 fully saturated rings. The van der Waals surface area contributed by atoms with Crippen LogP contribution in [0.25, 0.3) is 0 Å². The molecule has 1 aliphatic rings. The van der Waals surface area contributed by atoms with Crippen molar-refractivity contribution in [2.24, 2.45) is 11.7 Å². The van der Waals surface area contributed by atoms with E-state index in [4.69, 9.17) is 5.73 Å². The van der Waals surface area contributed by atoms with Gasteiger partial charge in [-0.1, -0.05) is 19.9 Å². The van der Waals surface area contributed by atoms with Gasteiger partial charge in [0.05, 0.1) is 4.90 Å². The standard InChI is InChI=1S/C15H24N2O2S/c1-3-13-6-7-15(9-14(13)10-16)20(18,19)17-8-4-5-12(2)11-17/h6-7,9,12H,3-5,8,10-11,16H2,1-2H3. The highest BCUT2D eigenvalue weighted by molar-refractivity contribution is 7.89. The largest absolute Gasteiger partial charge is 0.326 e. The van der Waals surface area contributed by atoms with E-state index in [2.05, 4.69) is 13.8 Å². The zero-order chi connectivity index (χ0) is 14.8. The lowest BCUT2D eigenvalue weighted by Gasteiger charge is -2.30. The molecule has 112 valence electrons. The minimum Gasteiger partial charge on any atom is -0.326 e. The Bertz CT molecular complexity index is 569. The van der Waals surface area contributed by atoms with Crippen LogP contribution >= 0.6 is 0 Å². The molecule has 2 rings (SSSR count). The second-order valence-electron chi connectivity index (χ2n) is 5.60. The van der Waals surface area contributed by atoms with Crippen LogP contribution in [-0.4, -0.2) is 25.8 Å². The molecule has 0 aromatic heterocycles. The van der Waals surface area contributed by atoms with Gasteiger partial charge in [-0.15, -0.1) is 0 Å². The number of nitrogens with zero attached hydrogens (tertiary/aromatic N) is 1. The summed E-state index contributed by atoms with van der Waals surface area (Å²) in [5, 5.41) is 0. The Balaban J connectivity index is 2.34. The van der Waals surface area contributed by atoms with E-state index in [1.807, 2.05) is 6.07 Å². The molecule has 0 bridgehead atoms. The van der Waals surface area contributed by atoms with Crippen LogP contribution in [0.5, 0.6) is 0 Å². The molecule has 1 aromatic rings. The molecule has 1 heterocycles. The Kier molecular flexibility index (Phi) is 4.83. The molecule has 0 aliphatic carbocycles. The van der Waals surface area contributed by atoms with Crippen molar-refractivity contribution in [1.29, 1.82) is 0 Å². The van der Waals surface area contributed by atoms with Crippen molar-refractivity contribution in [2.75, 3.05) is 13.1 Å². The maximum atomic E-state index is 12.7. The maximum Gasteiger partial charge on any atom is 0.243 e. The molecule has 0 amide bonds. The first-order valence-corrected chi connectivity index (χ1v) is 8.75. The predicted molar refractivity (Wildman–Crippen MR) is 80.9 cm³/mol. The fourth-order valence-electron chi connectivity index (χ4n) is 2.81. The van der Waals surface area contributed by atoms with E-state index in [-0.39, 0.29) is 0 Å². The third-order valence-corrected chi connectivity index (χ3v) is 5.90. The van der Waals surface area contributed by atoms with Crippen LogP contribution in [0.3, 0.4) is 0 Å². The Morgan fingerprint density at radius 2 is 2.10 bits per heavy atom. The van der Waals surface area contributed by atoms with Gasteiger partial charge in [0.1, 0.15) is 0 Å². The average Bonchev–Trinajstić information content (AvgIpc) is 2.46. The Hall–Kier alpha value is -0.910. The van der Waals surface area contributed by atoms with Crippen LogP contribution in [0.2, 0.25) is 0 Å². The van der Waals surface area contributed by atoms with Crippen LogP contribution in [-0.2, 0) is 23.0 Å². The summed E-state index contributed by atoms with van der Waals surface area (Å²) in [6, 6.07) is 5.35. The summed E-state index contributed by atoms with van der Waals surface area (Å²) in [6.45, 7) is 5.78. The molecule has 20 heavy (non-hydrogen) atoms. The van der Waals surface area contributed by atoms with Gasteiger partial charge in [0, 0.05) is 19.6 Å². The summed E-state index contributed by atoms with van der Waals surface area (Å²) in [4.78, 5) is 0.379. The van der Waals surface area contributed by atoms with E-state index in [0.717, 1.165) is 30.4 Å². The zero-order valence-electron chi connectivity index (χ0n) is 12.3. The fraction of sp³-hybridized carbons (Fsp3) is 0.600. The first kappa shape index (κ1) is 15.5. The lowest BCUT2D eigenvalue weighted by molar-refractivity contribution is 0.281. The van der Waals surface area contributed by atoms with Gasteiger partial charge in [-0.2, -0.15) is 4.31 Å². The number of hydrogen-bond acceptors (Lipinski definition) is 3. The van der Waals surface area contributed by atoms with E-state index in [9.17, 15) is 8.42 Å². The number of benzene rings is 1.